The van der Waals surface area contributed by atoms with Crippen molar-refractivity contribution in [1.29, 1.82) is 0 Å². The van der Waals surface area contributed by atoms with E-state index < -0.39 is 17.1 Å². The molecule has 1 heterocycles. The number of carboxylic acids is 1. The normalized spacial score (nSPS) is 11.8. The Balaban J connectivity index is 3.36. The summed E-state index contributed by atoms with van der Waals surface area (Å²) in [6.07, 6.45) is 0. The second-order valence-corrected chi connectivity index (χ2v) is 4.24. The molecule has 0 aliphatic heterocycles. The van der Waals surface area contributed by atoms with Gasteiger partial charge in [0.05, 0.1) is 5.54 Å². The van der Waals surface area contributed by atoms with Gasteiger partial charge in [0.15, 0.2) is 5.69 Å². The Labute approximate surface area is 92.9 Å². The van der Waals surface area contributed by atoms with E-state index in [2.05, 4.69) is 9.97 Å². The number of aromatic nitrogens is 2. The molecule has 0 atom stereocenters. The van der Waals surface area contributed by atoms with E-state index in [0.717, 1.165) is 6.07 Å². The summed E-state index contributed by atoms with van der Waals surface area (Å²) < 4.78 is 0. The molecule has 0 bridgehead atoms. The van der Waals surface area contributed by atoms with Crippen molar-refractivity contribution in [3.8, 4) is 0 Å². The first kappa shape index (κ1) is 12.4. The molecule has 0 fully saturated rings. The third-order valence-electron chi connectivity index (χ3n) is 2.66. The first-order chi connectivity index (χ1) is 7.25. The first-order valence-electron chi connectivity index (χ1n) is 4.77. The van der Waals surface area contributed by atoms with Crippen molar-refractivity contribution >= 4 is 5.97 Å². The predicted octanol–water partition coefficient (Wildman–Crippen LogP) is 0.265. The van der Waals surface area contributed by atoms with Crippen molar-refractivity contribution in [2.45, 2.75) is 19.4 Å². The number of carboxylic acid groups (broad SMARTS) is 1. The van der Waals surface area contributed by atoms with Crippen LogP contribution in [0.1, 0.15) is 30.2 Å². The summed E-state index contributed by atoms with van der Waals surface area (Å²) >= 11 is 0. The molecule has 0 spiro atoms. The Bertz CT molecular complexity index is 463. The highest BCUT2D eigenvalue weighted by Crippen LogP contribution is 2.20. The van der Waals surface area contributed by atoms with Gasteiger partial charge in [-0.2, -0.15) is 0 Å². The van der Waals surface area contributed by atoms with Gasteiger partial charge in [-0.1, -0.05) is 0 Å². The van der Waals surface area contributed by atoms with Gasteiger partial charge in [-0.05, 0) is 27.9 Å². The van der Waals surface area contributed by atoms with Gasteiger partial charge in [0.25, 0.3) is 5.56 Å². The van der Waals surface area contributed by atoms with Gasteiger partial charge < -0.3 is 10.1 Å². The van der Waals surface area contributed by atoms with Crippen molar-refractivity contribution in [3.05, 3.63) is 27.9 Å². The maximum absolute atomic E-state index is 11.3. The lowest BCUT2D eigenvalue weighted by Gasteiger charge is -2.31. The molecule has 1 aromatic heterocycles. The molecule has 0 saturated heterocycles. The van der Waals surface area contributed by atoms with Crippen LogP contribution in [0.3, 0.4) is 0 Å². The molecule has 2 N–H and O–H groups in total. The second kappa shape index (κ2) is 4.05. The number of carbonyl (C=O) groups is 1. The third-order valence-corrected chi connectivity index (χ3v) is 2.66. The number of nitrogens with one attached hydrogen (secondary N) is 1. The molecule has 1 rings (SSSR count). The van der Waals surface area contributed by atoms with Gasteiger partial charge in [-0.25, -0.2) is 9.78 Å². The molecule has 6 heteroatoms. The monoisotopic (exact) mass is 225 g/mol. The molecular weight excluding hydrogens is 210 g/mol. The molecule has 0 aliphatic rings. The molecule has 0 radical (unpaired) electrons. The highest BCUT2D eigenvalue weighted by atomic mass is 16.4. The zero-order valence-corrected chi connectivity index (χ0v) is 9.74. The van der Waals surface area contributed by atoms with Crippen molar-refractivity contribution in [3.63, 3.8) is 0 Å². The van der Waals surface area contributed by atoms with E-state index in [0.29, 0.717) is 5.82 Å². The Morgan fingerprint density at radius 2 is 2.06 bits per heavy atom. The maximum atomic E-state index is 11.3. The highest BCUT2D eigenvalue weighted by molar-refractivity contribution is 5.85. The van der Waals surface area contributed by atoms with Crippen LogP contribution in [0.5, 0.6) is 0 Å². The average molecular weight is 225 g/mol. The van der Waals surface area contributed by atoms with Gasteiger partial charge >= 0.3 is 5.97 Å². The van der Waals surface area contributed by atoms with Gasteiger partial charge in [-0.3, -0.25) is 9.69 Å². The number of rotatable bonds is 3. The zero-order valence-electron chi connectivity index (χ0n) is 9.74. The van der Waals surface area contributed by atoms with Gasteiger partial charge in [0, 0.05) is 6.07 Å². The summed E-state index contributed by atoms with van der Waals surface area (Å²) in [5.74, 6) is -0.871. The lowest BCUT2D eigenvalue weighted by Crippen LogP contribution is -2.39. The first-order valence-corrected chi connectivity index (χ1v) is 4.77. The fraction of sp³-hybridized carbons (Fsp3) is 0.500. The quantitative estimate of drug-likeness (QED) is 0.770. The van der Waals surface area contributed by atoms with Crippen LogP contribution in [0.2, 0.25) is 0 Å². The van der Waals surface area contributed by atoms with Crippen LogP contribution in [0.15, 0.2) is 10.9 Å². The smallest absolute Gasteiger partial charge is 0.354 e. The minimum Gasteiger partial charge on any atom is -0.477 e. The van der Waals surface area contributed by atoms with Crippen LogP contribution in [0.25, 0.3) is 0 Å². The minimum atomic E-state index is -1.21. The van der Waals surface area contributed by atoms with Crippen LogP contribution in [-0.4, -0.2) is 40.0 Å². The van der Waals surface area contributed by atoms with Gasteiger partial charge in [-0.15, -0.1) is 0 Å². The lowest BCUT2D eigenvalue weighted by molar-refractivity contribution is 0.0688. The Hall–Kier alpha value is -1.69. The summed E-state index contributed by atoms with van der Waals surface area (Å²) in [5.41, 5.74) is -1.24. The molecule has 0 unspecified atom stereocenters. The highest BCUT2D eigenvalue weighted by Gasteiger charge is 2.27. The molecule has 0 saturated carbocycles. The average Bonchev–Trinajstić information content (AvgIpc) is 2.16. The lowest BCUT2D eigenvalue weighted by atomic mass is 10.0. The Morgan fingerprint density at radius 1 is 1.50 bits per heavy atom. The van der Waals surface area contributed by atoms with Crippen molar-refractivity contribution in [2.75, 3.05) is 14.1 Å². The third kappa shape index (κ3) is 2.27. The number of hydrogen-bond donors (Lipinski definition) is 2. The van der Waals surface area contributed by atoms with Crippen LogP contribution in [0.4, 0.5) is 0 Å². The molecule has 6 nitrogen and oxygen atoms in total. The van der Waals surface area contributed by atoms with E-state index in [9.17, 15) is 9.59 Å². The minimum absolute atomic E-state index is 0.242. The topological polar surface area (TPSA) is 86.3 Å². The number of aromatic amines is 1. The van der Waals surface area contributed by atoms with E-state index in [1.165, 1.54) is 0 Å². The van der Waals surface area contributed by atoms with Crippen molar-refractivity contribution in [1.82, 2.24) is 14.9 Å². The van der Waals surface area contributed by atoms with E-state index in [4.69, 9.17) is 5.11 Å². The molecule has 0 aromatic carbocycles. The maximum Gasteiger partial charge on any atom is 0.354 e. The molecule has 0 aliphatic carbocycles. The fourth-order valence-electron chi connectivity index (χ4n) is 1.07. The van der Waals surface area contributed by atoms with Crippen molar-refractivity contribution in [2.24, 2.45) is 0 Å². The van der Waals surface area contributed by atoms with E-state index in [-0.39, 0.29) is 5.69 Å². The van der Waals surface area contributed by atoms with Gasteiger partial charge in [0.1, 0.15) is 5.82 Å². The molecule has 16 heavy (non-hydrogen) atoms. The fourth-order valence-corrected chi connectivity index (χ4v) is 1.07. The van der Waals surface area contributed by atoms with E-state index in [1.54, 1.807) is 0 Å². The molecule has 1 aromatic rings. The zero-order chi connectivity index (χ0) is 12.5. The van der Waals surface area contributed by atoms with E-state index >= 15 is 0 Å². The molecule has 0 amide bonds. The largest absolute Gasteiger partial charge is 0.477 e. The molecule has 88 valence electrons. The summed E-state index contributed by atoms with van der Waals surface area (Å²) in [6.45, 7) is 3.69. The summed E-state index contributed by atoms with van der Waals surface area (Å²) in [4.78, 5) is 30.4. The summed E-state index contributed by atoms with van der Waals surface area (Å²) in [6, 6.07) is 0.970. The number of hydrogen-bond acceptors (Lipinski definition) is 4. The predicted molar refractivity (Wildman–Crippen MR) is 58.5 cm³/mol. The summed E-state index contributed by atoms with van der Waals surface area (Å²) in [5, 5.41) is 8.81. The SMILES string of the molecule is CN(C)C(C)(C)c1nc(C(=O)O)cc(=O)[nH]1. The standard InChI is InChI=1S/C10H15N3O3/c1-10(2,13(3)4)9-11-6(8(15)16)5-7(14)12-9/h5H,1-4H3,(H,15,16)(H,11,12,14). The number of nitrogens with zero attached hydrogens (tertiary/aromatic N) is 2. The van der Waals surface area contributed by atoms with Crippen LogP contribution in [-0.2, 0) is 5.54 Å². The van der Waals surface area contributed by atoms with Crippen LogP contribution < -0.4 is 5.56 Å². The number of H-pyrrole nitrogens is 1. The number of aromatic carboxylic acids is 1. The van der Waals surface area contributed by atoms with E-state index in [1.807, 2.05) is 32.8 Å². The second-order valence-electron chi connectivity index (χ2n) is 4.24. The Morgan fingerprint density at radius 3 is 2.50 bits per heavy atom. The van der Waals surface area contributed by atoms with Crippen LogP contribution in [0, 0.1) is 0 Å². The van der Waals surface area contributed by atoms with Crippen LogP contribution >= 0.6 is 0 Å². The molecular formula is C10H15N3O3. The van der Waals surface area contributed by atoms with Gasteiger partial charge in [0.2, 0.25) is 0 Å². The Kier molecular flexibility index (Phi) is 3.14. The van der Waals surface area contributed by atoms with Crippen molar-refractivity contribution < 1.29 is 9.90 Å². The summed E-state index contributed by atoms with van der Waals surface area (Å²) in [7, 11) is 3.65.